The molecule has 0 saturated carbocycles. The number of aryl methyl sites for hydroxylation is 1. The summed E-state index contributed by atoms with van der Waals surface area (Å²) in [5, 5.41) is 0. The first-order valence-corrected chi connectivity index (χ1v) is 10.9. The average molecular weight is 510 g/mol. The zero-order chi connectivity index (χ0) is 22.4. The quantitative estimate of drug-likeness (QED) is 0.106. The fourth-order valence-corrected chi connectivity index (χ4v) is 3.38. The molecule has 0 fully saturated rings. The van der Waals surface area contributed by atoms with Gasteiger partial charge in [-0.1, -0.05) is 60.2 Å². The number of hydrogen-bond donors (Lipinski definition) is 0. The predicted molar refractivity (Wildman–Crippen MR) is 110 cm³/mol. The summed E-state index contributed by atoms with van der Waals surface area (Å²) in [4.78, 5) is 40.5. The number of likely N-dealkylation sites (N-methyl/N-ethyl adjacent to an activating group) is 1. The molecule has 0 spiro atoms. The molecule has 7 nitrogen and oxygen atoms in total. The van der Waals surface area contributed by atoms with E-state index in [0.29, 0.717) is 24.9 Å². The fourth-order valence-electron chi connectivity index (χ4n) is 2.50. The molecule has 0 aliphatic heterocycles. The molecule has 2 aromatic carbocycles. The smallest absolute Gasteiger partial charge is 0.766 e. The molecule has 162 valence electrons. The normalized spacial score (nSPS) is 11.6. The molecule has 0 aliphatic rings. The summed E-state index contributed by atoms with van der Waals surface area (Å²) < 4.78 is 18.5. The van der Waals surface area contributed by atoms with Crippen molar-refractivity contribution in [1.82, 2.24) is 4.67 Å². The summed E-state index contributed by atoms with van der Waals surface area (Å²) in [6.07, 6.45) is 3.30. The molecule has 0 bridgehead atoms. The minimum atomic E-state index is -4.07. The van der Waals surface area contributed by atoms with Crippen molar-refractivity contribution in [2.75, 3.05) is 20.2 Å². The second kappa shape index (κ2) is 20.1. The van der Waals surface area contributed by atoms with Crippen molar-refractivity contribution in [2.24, 2.45) is 0 Å². The number of unbranched alkanes of at least 4 members (excludes halogenated alkanes) is 1. The molecule has 0 saturated heterocycles. The van der Waals surface area contributed by atoms with Crippen molar-refractivity contribution in [3.63, 3.8) is 0 Å². The molecule has 0 amide bonds. The van der Waals surface area contributed by atoms with Gasteiger partial charge in [0, 0.05) is 18.7 Å². The monoisotopic (exact) mass is 509 g/mol. The van der Waals surface area contributed by atoms with Gasteiger partial charge >= 0.3 is 109 Å². The maximum atomic E-state index is 12.2. The van der Waals surface area contributed by atoms with Crippen LogP contribution in [0.3, 0.4) is 0 Å². The summed E-state index contributed by atoms with van der Waals surface area (Å²) in [6.45, 7) is 2.37. The van der Waals surface area contributed by atoms with Gasteiger partial charge in [0.15, 0.2) is 0 Å². The van der Waals surface area contributed by atoms with Crippen molar-refractivity contribution >= 4 is 19.7 Å². The molecule has 1 unspecified atom stereocenters. The van der Waals surface area contributed by atoms with Gasteiger partial charge in [0.25, 0.3) is 0 Å². The van der Waals surface area contributed by atoms with E-state index in [0.717, 1.165) is 11.1 Å². The third kappa shape index (κ3) is 15.0. The summed E-state index contributed by atoms with van der Waals surface area (Å²) >= 11 is 0. The Morgan fingerprint density at radius 3 is 2.22 bits per heavy atom. The summed E-state index contributed by atoms with van der Waals surface area (Å²) in [5.74, 6) is 0.0142. The van der Waals surface area contributed by atoms with Crippen LogP contribution < -0.4 is 108 Å². The van der Waals surface area contributed by atoms with E-state index in [1.807, 2.05) is 49.4 Å². The number of hydrogen-bond acceptors (Lipinski definition) is 6. The number of Topliss-reactive ketones (excluding diaryl/α,β-unsaturated/α-hetero) is 1. The van der Waals surface area contributed by atoms with Crippen molar-refractivity contribution in [1.29, 1.82) is 0 Å². The van der Waals surface area contributed by atoms with Crippen LogP contribution in [0.4, 0.5) is 0 Å². The third-order valence-corrected chi connectivity index (χ3v) is 5.81. The van der Waals surface area contributed by atoms with E-state index in [9.17, 15) is 14.3 Å². The van der Waals surface area contributed by atoms with Crippen LogP contribution in [0, 0.1) is 13.3 Å². The molecule has 0 N–H and O–H groups in total. The summed E-state index contributed by atoms with van der Waals surface area (Å²) in [7, 11) is -2.55. The molecule has 2 rings (SSSR count). The van der Waals surface area contributed by atoms with Crippen molar-refractivity contribution < 1.29 is 131 Å². The van der Waals surface area contributed by atoms with Crippen LogP contribution in [-0.4, -0.2) is 36.8 Å². The van der Waals surface area contributed by atoms with Gasteiger partial charge in [-0.3, -0.25) is 9.36 Å². The minimum Gasteiger partial charge on any atom is -0.766 e. The van der Waals surface area contributed by atoms with Gasteiger partial charge in [0.1, 0.15) is 5.78 Å². The van der Waals surface area contributed by atoms with E-state index in [-0.39, 0.29) is 128 Å². The van der Waals surface area contributed by atoms with E-state index < -0.39 is 7.75 Å². The zero-order valence-corrected chi connectivity index (χ0v) is 26.3. The zero-order valence-electron chi connectivity index (χ0n) is 19.2. The Bertz CT molecular complexity index is 858. The number of nitrogens with zero attached hydrogens (tertiary/aromatic N) is 1. The Morgan fingerprint density at radius 1 is 1.09 bits per heavy atom. The summed E-state index contributed by atoms with van der Waals surface area (Å²) in [6, 6.07) is 17.1. The van der Waals surface area contributed by atoms with Crippen LogP contribution in [0.2, 0.25) is 0 Å². The average Bonchev–Trinajstić information content (AvgIpc) is 2.73. The van der Waals surface area contributed by atoms with Crippen molar-refractivity contribution in [2.45, 2.75) is 26.2 Å². The number of carbonyl (C=O) groups excluding carboxylic acids is 3. The third-order valence-electron chi connectivity index (χ3n) is 4.26. The van der Waals surface area contributed by atoms with Gasteiger partial charge in [0.2, 0.25) is 7.75 Å². The predicted octanol–water partition coefficient (Wildman–Crippen LogP) is -2.75. The first-order chi connectivity index (χ1) is 14.3. The number of benzene rings is 2. The topological polar surface area (TPSA) is 104 Å². The molecular formula is C22H26K2NO6P. The molecule has 10 heteroatoms. The largest absolute Gasteiger partial charge is 1.00 e. The molecular weight excluding hydrogens is 483 g/mol. The van der Waals surface area contributed by atoms with Crippen LogP contribution in [0.5, 0.6) is 0 Å². The number of rotatable bonds is 11. The van der Waals surface area contributed by atoms with Gasteiger partial charge in [-0.15, -0.1) is 6.42 Å². The Morgan fingerprint density at radius 2 is 1.66 bits per heavy atom. The summed E-state index contributed by atoms with van der Waals surface area (Å²) in [5.41, 5.74) is 2.84. The molecule has 0 aliphatic carbocycles. The molecule has 0 heterocycles. The van der Waals surface area contributed by atoms with E-state index in [1.165, 1.54) is 11.7 Å². The van der Waals surface area contributed by atoms with Crippen molar-refractivity contribution in [3.05, 3.63) is 77.7 Å². The number of carbonyl (C=O) groups is 1. The molecule has 0 radical (unpaired) electrons. The maximum absolute atomic E-state index is 12.2. The van der Waals surface area contributed by atoms with Gasteiger partial charge < -0.3 is 15.8 Å². The molecule has 1 atom stereocenters. The van der Waals surface area contributed by atoms with E-state index >= 15 is 0 Å². The van der Waals surface area contributed by atoms with Gasteiger partial charge in [-0.25, -0.2) is 4.67 Å². The van der Waals surface area contributed by atoms with Crippen molar-refractivity contribution in [3.8, 4) is 0 Å². The van der Waals surface area contributed by atoms with E-state index in [4.69, 9.17) is 14.1 Å². The van der Waals surface area contributed by atoms with Gasteiger partial charge in [0.05, 0.1) is 0 Å². The van der Waals surface area contributed by atoms with E-state index in [1.54, 1.807) is 18.6 Å². The molecule has 2 aromatic rings. The first kappa shape index (κ1) is 35.0. The molecule has 0 aromatic heterocycles. The second-order valence-corrected chi connectivity index (χ2v) is 8.45. The van der Waals surface area contributed by atoms with Crippen LogP contribution in [-0.2, 0) is 25.1 Å². The molecule has 32 heavy (non-hydrogen) atoms. The van der Waals surface area contributed by atoms with Crippen LogP contribution in [0.1, 0.15) is 34.3 Å². The standard InChI is InChI=1S/C21H27NO4P.CO2.2K/c1-18-11-13-20(14-12-18)21(23)10-6-7-17-26-27(24,25)22(2)16-15-19-8-4-3-5-9-19;2-1-3;;/h3-6,8-9,11-14H,7,10,15-17H2,1-2H3,(H,24,25);;;/q-1;;2*+1/p-1. The van der Waals surface area contributed by atoms with Gasteiger partial charge in [-0.2, -0.15) is 16.0 Å². The first-order valence-electron chi connectivity index (χ1n) is 9.42. The Kier molecular flexibility index (Phi) is 22.0. The van der Waals surface area contributed by atoms with E-state index in [2.05, 4.69) is 0 Å². The van der Waals surface area contributed by atoms with Crippen LogP contribution >= 0.6 is 7.75 Å². The SMILES string of the molecule is Cc1ccc(C(=O)C[CH-]CCOP(=O)([O-])N(C)CCc2ccccc2)cc1.O=C=O.[K+].[K+]. The Balaban J connectivity index is 0. The Labute approximate surface area is 275 Å². The van der Waals surface area contributed by atoms with Gasteiger partial charge in [-0.05, 0) is 26.0 Å². The van der Waals surface area contributed by atoms with Crippen LogP contribution in [0.15, 0.2) is 54.6 Å². The minimum absolute atomic E-state index is 0. The van der Waals surface area contributed by atoms with Crippen LogP contribution in [0.25, 0.3) is 0 Å². The number of ketones is 1. The fraction of sp³-hybridized carbons (Fsp3) is 0.318. The maximum Gasteiger partial charge on any atom is 1.00 e. The Hall–Kier alpha value is 0.873. The second-order valence-electron chi connectivity index (χ2n) is 6.57.